The number of benzene rings is 3. The van der Waals surface area contributed by atoms with Crippen LogP contribution in [0.3, 0.4) is 0 Å². The van der Waals surface area contributed by atoms with Gasteiger partial charge >= 0.3 is 0 Å². The molecule has 0 atom stereocenters. The first-order valence-corrected chi connectivity index (χ1v) is 7.58. The van der Waals surface area contributed by atoms with E-state index >= 15 is 0 Å². The largest absolute Gasteiger partial charge is 0.499 e. The molecule has 0 heterocycles. The van der Waals surface area contributed by atoms with Crippen molar-refractivity contribution in [1.29, 1.82) is 0 Å². The maximum absolute atomic E-state index is 3.30. The fourth-order valence-corrected chi connectivity index (χ4v) is 2.50. The lowest BCUT2D eigenvalue weighted by molar-refractivity contribution is 0.232. The molecule has 0 aliphatic rings. The molecule has 0 amide bonds. The quantitative estimate of drug-likeness (QED) is 0.494. The monoisotopic (exact) mass is 289 g/mol. The second kappa shape index (κ2) is 6.07. The van der Waals surface area contributed by atoms with Gasteiger partial charge < -0.3 is 4.37 Å². The zero-order valence-electron chi connectivity index (χ0n) is 13.3. The van der Waals surface area contributed by atoms with Crippen LogP contribution in [0.2, 0.25) is 0 Å². The van der Waals surface area contributed by atoms with Gasteiger partial charge in [0.05, 0.1) is 0 Å². The highest BCUT2D eigenvalue weighted by Gasteiger charge is 2.19. The highest BCUT2D eigenvalue weighted by atomic mass is 16.7. The van der Waals surface area contributed by atoms with Crippen molar-refractivity contribution >= 4 is 0 Å². The molecule has 0 radical (unpaired) electrons. The van der Waals surface area contributed by atoms with Crippen LogP contribution in [0.1, 0.15) is 16.7 Å². The Morgan fingerprint density at radius 1 is 0.500 bits per heavy atom. The van der Waals surface area contributed by atoms with E-state index in [-0.39, 0.29) is 0 Å². The molecule has 3 aromatic rings. The lowest BCUT2D eigenvalue weighted by Gasteiger charge is -2.22. The maximum Gasteiger partial charge on any atom is 0.267 e. The zero-order chi connectivity index (χ0) is 15.5. The Kier molecular flexibility index (Phi) is 3.97. The van der Waals surface area contributed by atoms with Crippen LogP contribution in [-0.4, -0.2) is 0 Å². The molecule has 1 heteroatoms. The molecule has 0 aliphatic heterocycles. The molecule has 0 unspecified atom stereocenters. The topological polar surface area (TPSA) is 2.70 Å². The van der Waals surface area contributed by atoms with Gasteiger partial charge in [-0.05, 0) is 26.3 Å². The predicted molar refractivity (Wildman–Crippen MR) is 93.1 cm³/mol. The van der Waals surface area contributed by atoms with E-state index in [2.05, 4.69) is 97.9 Å². The molecular weight excluding hydrogens is 268 g/mol. The van der Waals surface area contributed by atoms with Gasteiger partial charge in [0.1, 0.15) is 0 Å². The molecule has 0 spiro atoms. The second-order valence-electron chi connectivity index (χ2n) is 5.75. The van der Waals surface area contributed by atoms with Gasteiger partial charge in [0.15, 0.2) is 0 Å². The Morgan fingerprint density at radius 2 is 1.00 bits per heavy atom. The first-order chi connectivity index (χ1) is 10.6. The summed E-state index contributed by atoms with van der Waals surface area (Å²) in [5.74, 6) is 3.30. The van der Waals surface area contributed by atoms with E-state index in [0.717, 1.165) is 17.2 Å². The van der Waals surface area contributed by atoms with Gasteiger partial charge in [0.25, 0.3) is 17.2 Å². The van der Waals surface area contributed by atoms with E-state index in [0.29, 0.717) is 0 Å². The van der Waals surface area contributed by atoms with Gasteiger partial charge in [-0.25, -0.2) is 0 Å². The molecule has 22 heavy (non-hydrogen) atoms. The van der Waals surface area contributed by atoms with Crippen molar-refractivity contribution in [2.75, 3.05) is 0 Å². The smallest absolute Gasteiger partial charge is 0.267 e. The second-order valence-corrected chi connectivity index (χ2v) is 5.75. The standard InChI is InChI=1S/C21H21O/c1-16-7-11-19(12-8-16)22(20-13-9-17(2)10-14-20)21-6-4-5-18(3)15-21/h4-15H,1-3H3/q+1. The number of aryl methyl sites for hydroxylation is 3. The Labute approximate surface area is 132 Å². The van der Waals surface area contributed by atoms with Crippen molar-refractivity contribution in [2.24, 2.45) is 0 Å². The van der Waals surface area contributed by atoms with Crippen molar-refractivity contribution < 1.29 is 4.37 Å². The minimum absolute atomic E-state index is 1.10. The molecular formula is C21H21O+. The maximum atomic E-state index is 3.30. The highest BCUT2D eigenvalue weighted by molar-refractivity contribution is 5.45. The van der Waals surface area contributed by atoms with Gasteiger partial charge in [-0.1, -0.05) is 47.5 Å². The average molecular weight is 289 g/mol. The molecule has 0 aliphatic carbocycles. The van der Waals surface area contributed by atoms with Crippen LogP contribution in [0.5, 0.6) is 17.2 Å². The summed E-state index contributed by atoms with van der Waals surface area (Å²) in [4.78, 5) is 0. The first-order valence-electron chi connectivity index (χ1n) is 7.58. The summed E-state index contributed by atoms with van der Waals surface area (Å²) in [6.45, 7) is 6.33. The van der Waals surface area contributed by atoms with E-state index in [9.17, 15) is 0 Å². The van der Waals surface area contributed by atoms with Crippen LogP contribution in [0.15, 0.2) is 72.8 Å². The predicted octanol–water partition coefficient (Wildman–Crippen LogP) is 6.35. The molecule has 0 saturated carbocycles. The lowest BCUT2D eigenvalue weighted by atomic mass is 10.2. The first kappa shape index (κ1) is 14.4. The molecule has 1 nitrogen and oxygen atoms in total. The van der Waals surface area contributed by atoms with Crippen molar-refractivity contribution in [2.45, 2.75) is 20.8 Å². The third kappa shape index (κ3) is 3.04. The summed E-state index contributed by atoms with van der Waals surface area (Å²) < 4.78 is 3.30. The minimum Gasteiger partial charge on any atom is -0.499 e. The van der Waals surface area contributed by atoms with Crippen LogP contribution in [-0.2, 0) is 0 Å². The van der Waals surface area contributed by atoms with E-state index in [4.69, 9.17) is 0 Å². The molecule has 3 rings (SSSR count). The molecule has 0 aromatic heterocycles. The fraction of sp³-hybridized carbons (Fsp3) is 0.143. The van der Waals surface area contributed by atoms with Gasteiger partial charge in [-0.15, -0.1) is 0 Å². The summed E-state index contributed by atoms with van der Waals surface area (Å²) in [6, 6.07) is 25.6. The Bertz CT molecular complexity index is 709. The number of hydrogen-bond donors (Lipinski definition) is 0. The third-order valence-corrected chi connectivity index (χ3v) is 3.74. The minimum atomic E-state index is 1.10. The highest BCUT2D eigenvalue weighted by Crippen LogP contribution is 2.39. The van der Waals surface area contributed by atoms with Crippen LogP contribution >= 0.6 is 0 Å². The number of hydrogen-bond acceptors (Lipinski definition) is 0. The van der Waals surface area contributed by atoms with Gasteiger partial charge in [-0.2, -0.15) is 0 Å². The Balaban J connectivity index is 2.13. The summed E-state index contributed by atoms with van der Waals surface area (Å²) in [5, 5.41) is 0. The van der Waals surface area contributed by atoms with Crippen LogP contribution in [0, 0.1) is 20.8 Å². The van der Waals surface area contributed by atoms with Crippen molar-refractivity contribution in [3.8, 4) is 17.2 Å². The third-order valence-electron chi connectivity index (χ3n) is 3.74. The van der Waals surface area contributed by atoms with Gasteiger partial charge in [-0.3, -0.25) is 0 Å². The zero-order valence-corrected chi connectivity index (χ0v) is 13.3. The van der Waals surface area contributed by atoms with E-state index in [1.54, 1.807) is 0 Å². The van der Waals surface area contributed by atoms with Crippen molar-refractivity contribution in [3.63, 3.8) is 0 Å². The summed E-state index contributed by atoms with van der Waals surface area (Å²) in [7, 11) is 0. The molecule has 0 fully saturated rings. The number of rotatable bonds is 3. The van der Waals surface area contributed by atoms with Crippen molar-refractivity contribution in [1.82, 2.24) is 0 Å². The molecule has 3 aromatic carbocycles. The van der Waals surface area contributed by atoms with Crippen LogP contribution in [0.25, 0.3) is 0 Å². The lowest BCUT2D eigenvalue weighted by Crippen LogP contribution is -2.05. The molecule has 110 valence electrons. The normalized spacial score (nSPS) is 10.5. The summed E-state index contributed by atoms with van der Waals surface area (Å²) >= 11 is 0. The summed E-state index contributed by atoms with van der Waals surface area (Å²) in [5.41, 5.74) is 3.77. The van der Waals surface area contributed by atoms with E-state index < -0.39 is 0 Å². The van der Waals surface area contributed by atoms with Crippen molar-refractivity contribution in [3.05, 3.63) is 89.5 Å². The Hall–Kier alpha value is -2.54. The Morgan fingerprint density at radius 3 is 1.45 bits per heavy atom. The van der Waals surface area contributed by atoms with Crippen LogP contribution < -0.4 is 4.37 Å². The van der Waals surface area contributed by atoms with Gasteiger partial charge in [0.2, 0.25) is 0 Å². The molecule has 0 N–H and O–H groups in total. The van der Waals surface area contributed by atoms with E-state index in [1.807, 2.05) is 0 Å². The molecule has 0 bridgehead atoms. The van der Waals surface area contributed by atoms with E-state index in [1.165, 1.54) is 16.7 Å². The molecule has 0 saturated heterocycles. The summed E-state index contributed by atoms with van der Waals surface area (Å²) in [6.07, 6.45) is 0. The average Bonchev–Trinajstić information content (AvgIpc) is 2.51. The van der Waals surface area contributed by atoms with Crippen LogP contribution in [0.4, 0.5) is 0 Å². The SMILES string of the molecule is Cc1ccc([O+](c2ccc(C)cc2)c2cccc(C)c2)cc1. The fourth-order valence-electron chi connectivity index (χ4n) is 2.50. The van der Waals surface area contributed by atoms with Gasteiger partial charge in [0, 0.05) is 36.4 Å².